The van der Waals surface area contributed by atoms with Crippen LogP contribution in [-0.2, 0) is 4.79 Å². The second-order valence-electron chi connectivity index (χ2n) is 5.02. The van der Waals surface area contributed by atoms with Gasteiger partial charge in [0.05, 0.1) is 6.61 Å². The Bertz CT molecular complexity index is 422. The Kier molecular flexibility index (Phi) is 9.03. The number of amides is 1. The second-order valence-corrected chi connectivity index (χ2v) is 6.26. The van der Waals surface area contributed by atoms with Crippen LogP contribution in [-0.4, -0.2) is 31.6 Å². The average Bonchev–Trinajstić information content (AvgIpc) is 2.46. The van der Waals surface area contributed by atoms with Gasteiger partial charge in [0.1, 0.15) is 5.75 Å². The summed E-state index contributed by atoms with van der Waals surface area (Å²) in [6.07, 6.45) is 3.50. The molecule has 1 unspecified atom stereocenters. The molecule has 0 bridgehead atoms. The van der Waals surface area contributed by atoms with Crippen LogP contribution in [0.3, 0.4) is 0 Å². The first-order chi connectivity index (χ1) is 9.74. The number of carbonyl (C=O) groups is 1. The molecule has 118 valence electrons. The van der Waals surface area contributed by atoms with Gasteiger partial charge in [-0.1, -0.05) is 0 Å². The van der Waals surface area contributed by atoms with Gasteiger partial charge in [-0.05, 0) is 72.7 Å². The highest BCUT2D eigenvalue weighted by molar-refractivity contribution is 14.1. The monoisotopic (exact) mass is 424 g/mol. The molecular formula is C15H22ClIN2O2. The minimum absolute atomic E-state index is 0. The summed E-state index contributed by atoms with van der Waals surface area (Å²) in [5, 5.41) is 6.36. The summed E-state index contributed by atoms with van der Waals surface area (Å²) >= 11 is 2.26. The topological polar surface area (TPSA) is 50.4 Å². The van der Waals surface area contributed by atoms with Crippen LogP contribution >= 0.6 is 35.0 Å². The first-order valence-electron chi connectivity index (χ1n) is 7.12. The van der Waals surface area contributed by atoms with Crippen molar-refractivity contribution in [3.8, 4) is 5.75 Å². The van der Waals surface area contributed by atoms with Crippen LogP contribution in [0.1, 0.15) is 25.7 Å². The van der Waals surface area contributed by atoms with Gasteiger partial charge in [0.15, 0.2) is 0 Å². The highest BCUT2D eigenvalue weighted by Crippen LogP contribution is 2.13. The highest BCUT2D eigenvalue weighted by atomic mass is 127. The predicted octanol–water partition coefficient (Wildman–Crippen LogP) is 2.74. The van der Waals surface area contributed by atoms with Crippen molar-refractivity contribution in [3.05, 3.63) is 27.8 Å². The molecule has 21 heavy (non-hydrogen) atoms. The van der Waals surface area contributed by atoms with Crippen molar-refractivity contribution in [1.82, 2.24) is 10.6 Å². The van der Waals surface area contributed by atoms with Crippen molar-refractivity contribution in [2.24, 2.45) is 0 Å². The largest absolute Gasteiger partial charge is 0.494 e. The molecule has 2 N–H and O–H groups in total. The SMILES string of the molecule is Cl.O=C(CCCOc1ccc(I)cc1)NC1CCCNC1. The molecule has 6 heteroatoms. The third-order valence-electron chi connectivity index (χ3n) is 3.29. The highest BCUT2D eigenvalue weighted by Gasteiger charge is 2.14. The zero-order valence-corrected chi connectivity index (χ0v) is 14.9. The maximum atomic E-state index is 11.8. The molecule has 1 atom stereocenters. The van der Waals surface area contributed by atoms with Crippen LogP contribution in [0.4, 0.5) is 0 Å². The smallest absolute Gasteiger partial charge is 0.220 e. The number of benzene rings is 1. The lowest BCUT2D eigenvalue weighted by molar-refractivity contribution is -0.122. The van der Waals surface area contributed by atoms with E-state index in [1.54, 1.807) is 0 Å². The summed E-state index contributed by atoms with van der Waals surface area (Å²) in [5.74, 6) is 0.993. The van der Waals surface area contributed by atoms with E-state index in [9.17, 15) is 4.79 Å². The number of carbonyl (C=O) groups excluding carboxylic acids is 1. The van der Waals surface area contributed by atoms with E-state index < -0.39 is 0 Å². The summed E-state index contributed by atoms with van der Waals surface area (Å²) < 4.78 is 6.80. The van der Waals surface area contributed by atoms with Crippen LogP contribution < -0.4 is 15.4 Å². The van der Waals surface area contributed by atoms with Crippen molar-refractivity contribution in [2.45, 2.75) is 31.7 Å². The normalized spacial score (nSPS) is 17.7. The fraction of sp³-hybridized carbons (Fsp3) is 0.533. The van der Waals surface area contributed by atoms with E-state index in [1.165, 1.54) is 3.57 Å². The Morgan fingerprint density at radius 1 is 1.38 bits per heavy atom. The van der Waals surface area contributed by atoms with Gasteiger partial charge in [-0.25, -0.2) is 0 Å². The molecule has 4 nitrogen and oxygen atoms in total. The molecule has 0 radical (unpaired) electrons. The number of halogens is 2. The van der Waals surface area contributed by atoms with Gasteiger partial charge in [0, 0.05) is 22.6 Å². The molecule has 0 saturated carbocycles. The molecule has 1 heterocycles. The molecule has 0 aliphatic carbocycles. The van der Waals surface area contributed by atoms with Crippen LogP contribution in [0.2, 0.25) is 0 Å². The van der Waals surface area contributed by atoms with E-state index in [2.05, 4.69) is 33.2 Å². The molecule has 1 aliphatic rings. The molecule has 1 saturated heterocycles. The second kappa shape index (κ2) is 10.2. The number of hydrogen-bond donors (Lipinski definition) is 2. The van der Waals surface area contributed by atoms with Gasteiger partial charge in [-0.2, -0.15) is 0 Å². The summed E-state index contributed by atoms with van der Waals surface area (Å²) in [7, 11) is 0. The maximum absolute atomic E-state index is 11.8. The first-order valence-corrected chi connectivity index (χ1v) is 8.20. The summed E-state index contributed by atoms with van der Waals surface area (Å²) in [6.45, 7) is 2.54. The molecule has 2 rings (SSSR count). The van der Waals surface area contributed by atoms with Gasteiger partial charge < -0.3 is 15.4 Å². The Hall–Kier alpha value is -0.530. The van der Waals surface area contributed by atoms with E-state index in [-0.39, 0.29) is 18.3 Å². The molecule has 0 aromatic heterocycles. The number of piperidine rings is 1. The van der Waals surface area contributed by atoms with Gasteiger partial charge in [0.2, 0.25) is 5.91 Å². The fourth-order valence-electron chi connectivity index (χ4n) is 2.23. The standard InChI is InChI=1S/C15H21IN2O2.ClH/c16-12-5-7-14(8-6-12)20-10-2-4-15(19)18-13-3-1-9-17-11-13;/h5-8,13,17H,1-4,9-11H2,(H,18,19);1H. The maximum Gasteiger partial charge on any atom is 0.220 e. The van der Waals surface area contributed by atoms with Crippen molar-refractivity contribution in [1.29, 1.82) is 0 Å². The first kappa shape index (κ1) is 18.5. The summed E-state index contributed by atoms with van der Waals surface area (Å²) in [4.78, 5) is 11.8. The molecule has 1 amide bonds. The molecule has 1 fully saturated rings. The minimum Gasteiger partial charge on any atom is -0.494 e. The summed E-state index contributed by atoms with van der Waals surface area (Å²) in [6, 6.07) is 8.23. The third-order valence-corrected chi connectivity index (χ3v) is 4.01. The van der Waals surface area contributed by atoms with Crippen molar-refractivity contribution in [2.75, 3.05) is 19.7 Å². The Balaban J connectivity index is 0.00000220. The Labute approximate surface area is 145 Å². The predicted molar refractivity (Wildman–Crippen MR) is 95.2 cm³/mol. The fourth-order valence-corrected chi connectivity index (χ4v) is 2.59. The summed E-state index contributed by atoms with van der Waals surface area (Å²) in [5.41, 5.74) is 0. The lowest BCUT2D eigenvalue weighted by Gasteiger charge is -2.23. The van der Waals surface area contributed by atoms with Gasteiger partial charge in [-0.15, -0.1) is 12.4 Å². The number of hydrogen-bond acceptors (Lipinski definition) is 3. The number of nitrogens with one attached hydrogen (secondary N) is 2. The minimum atomic E-state index is 0. The van der Waals surface area contributed by atoms with Crippen molar-refractivity contribution in [3.63, 3.8) is 0 Å². The van der Waals surface area contributed by atoms with E-state index in [0.29, 0.717) is 19.1 Å². The van der Waals surface area contributed by atoms with Crippen LogP contribution in [0.15, 0.2) is 24.3 Å². The molecule has 1 aliphatic heterocycles. The van der Waals surface area contributed by atoms with E-state index in [1.807, 2.05) is 24.3 Å². The number of rotatable bonds is 6. The zero-order chi connectivity index (χ0) is 14.2. The van der Waals surface area contributed by atoms with E-state index in [0.717, 1.165) is 38.1 Å². The van der Waals surface area contributed by atoms with Crippen molar-refractivity contribution >= 4 is 40.9 Å². The molecular weight excluding hydrogens is 403 g/mol. The number of ether oxygens (including phenoxy) is 1. The lowest BCUT2D eigenvalue weighted by atomic mass is 10.1. The Morgan fingerprint density at radius 2 is 2.14 bits per heavy atom. The van der Waals surface area contributed by atoms with Crippen LogP contribution in [0.5, 0.6) is 5.75 Å². The molecule has 1 aromatic carbocycles. The van der Waals surface area contributed by atoms with E-state index in [4.69, 9.17) is 4.74 Å². The molecule has 0 spiro atoms. The molecule has 1 aromatic rings. The quantitative estimate of drug-likeness (QED) is 0.545. The van der Waals surface area contributed by atoms with Crippen LogP contribution in [0.25, 0.3) is 0 Å². The Morgan fingerprint density at radius 3 is 2.81 bits per heavy atom. The van der Waals surface area contributed by atoms with Crippen LogP contribution in [0, 0.1) is 3.57 Å². The zero-order valence-electron chi connectivity index (χ0n) is 11.9. The van der Waals surface area contributed by atoms with Gasteiger partial charge in [-0.3, -0.25) is 4.79 Å². The van der Waals surface area contributed by atoms with E-state index >= 15 is 0 Å². The van der Waals surface area contributed by atoms with Gasteiger partial charge >= 0.3 is 0 Å². The van der Waals surface area contributed by atoms with Crippen molar-refractivity contribution < 1.29 is 9.53 Å². The third kappa shape index (κ3) is 7.33. The van der Waals surface area contributed by atoms with Gasteiger partial charge in [0.25, 0.3) is 0 Å². The average molecular weight is 425 g/mol. The lowest BCUT2D eigenvalue weighted by Crippen LogP contribution is -2.45.